The molecule has 1 aromatic carbocycles. The van der Waals surface area contributed by atoms with E-state index in [1.165, 1.54) is 23.5 Å². The molecule has 2 aromatic rings. The molecule has 118 valence electrons. The second-order valence-electron chi connectivity index (χ2n) is 5.26. The SMILES string of the molecule is CCOc1csc(-c2cc(F)c(N3CCCCC3)c(F)c2)n1. The Hall–Kier alpha value is -1.69. The van der Waals surface area contributed by atoms with E-state index >= 15 is 0 Å². The van der Waals surface area contributed by atoms with Crippen LogP contribution in [-0.2, 0) is 0 Å². The lowest BCUT2D eigenvalue weighted by Crippen LogP contribution is -2.31. The van der Waals surface area contributed by atoms with Crippen LogP contribution in [0.25, 0.3) is 10.6 Å². The first-order valence-electron chi connectivity index (χ1n) is 7.51. The van der Waals surface area contributed by atoms with Crippen LogP contribution >= 0.6 is 11.3 Å². The number of hydrogen-bond donors (Lipinski definition) is 0. The van der Waals surface area contributed by atoms with Crippen molar-refractivity contribution in [1.29, 1.82) is 0 Å². The standard InChI is InChI=1S/C16H18F2N2OS/c1-2-21-14-10-22-16(19-14)11-8-12(17)15(13(18)9-11)20-6-4-3-5-7-20/h8-10H,2-7H2,1H3. The Bertz CT molecular complexity index is 630. The van der Waals surface area contributed by atoms with Crippen molar-refractivity contribution in [3.63, 3.8) is 0 Å². The van der Waals surface area contributed by atoms with Crippen molar-refractivity contribution in [2.45, 2.75) is 26.2 Å². The maximum atomic E-state index is 14.4. The van der Waals surface area contributed by atoms with Gasteiger partial charge in [-0.25, -0.2) is 13.8 Å². The van der Waals surface area contributed by atoms with Crippen molar-refractivity contribution < 1.29 is 13.5 Å². The summed E-state index contributed by atoms with van der Waals surface area (Å²) in [4.78, 5) is 6.04. The molecular formula is C16H18F2N2OS. The fraction of sp³-hybridized carbons (Fsp3) is 0.438. The molecule has 3 nitrogen and oxygen atoms in total. The van der Waals surface area contributed by atoms with Gasteiger partial charge in [0.05, 0.1) is 12.0 Å². The Balaban J connectivity index is 1.90. The number of nitrogens with zero attached hydrogens (tertiary/aromatic N) is 2. The molecule has 0 N–H and O–H groups in total. The molecule has 0 amide bonds. The van der Waals surface area contributed by atoms with Crippen LogP contribution in [0.5, 0.6) is 5.88 Å². The van der Waals surface area contributed by atoms with E-state index in [9.17, 15) is 8.78 Å². The highest BCUT2D eigenvalue weighted by Gasteiger charge is 2.21. The number of ether oxygens (including phenoxy) is 1. The monoisotopic (exact) mass is 324 g/mol. The molecule has 6 heteroatoms. The minimum Gasteiger partial charge on any atom is -0.477 e. The third kappa shape index (κ3) is 3.06. The lowest BCUT2D eigenvalue weighted by Gasteiger charge is -2.29. The van der Waals surface area contributed by atoms with E-state index in [0.29, 0.717) is 36.1 Å². The average Bonchev–Trinajstić information content (AvgIpc) is 2.97. The molecule has 3 rings (SSSR count). The maximum absolute atomic E-state index is 14.4. The molecule has 0 bridgehead atoms. The first kappa shape index (κ1) is 15.2. The van der Waals surface area contributed by atoms with Gasteiger partial charge in [-0.1, -0.05) is 0 Å². The normalized spacial score (nSPS) is 15.1. The van der Waals surface area contributed by atoms with Gasteiger partial charge in [-0.05, 0) is 38.3 Å². The van der Waals surface area contributed by atoms with E-state index < -0.39 is 11.6 Å². The van der Waals surface area contributed by atoms with Gasteiger partial charge in [0.15, 0.2) is 0 Å². The molecule has 0 saturated carbocycles. The molecule has 0 aliphatic carbocycles. The van der Waals surface area contributed by atoms with Gasteiger partial charge >= 0.3 is 0 Å². The largest absolute Gasteiger partial charge is 0.477 e. The van der Waals surface area contributed by atoms with E-state index in [-0.39, 0.29) is 5.69 Å². The van der Waals surface area contributed by atoms with Gasteiger partial charge in [-0.15, -0.1) is 11.3 Å². The smallest absolute Gasteiger partial charge is 0.224 e. The summed E-state index contributed by atoms with van der Waals surface area (Å²) in [6, 6.07) is 2.73. The molecule has 1 saturated heterocycles. The molecule has 1 aliphatic heterocycles. The minimum absolute atomic E-state index is 0.0880. The topological polar surface area (TPSA) is 25.4 Å². The van der Waals surface area contributed by atoms with Gasteiger partial charge in [-0.2, -0.15) is 0 Å². The quantitative estimate of drug-likeness (QED) is 0.829. The minimum atomic E-state index is -0.523. The number of aromatic nitrogens is 1. The van der Waals surface area contributed by atoms with Crippen LogP contribution in [0.1, 0.15) is 26.2 Å². The first-order valence-corrected chi connectivity index (χ1v) is 8.39. The Labute approximate surface area is 132 Å². The van der Waals surface area contributed by atoms with Crippen LogP contribution in [-0.4, -0.2) is 24.7 Å². The zero-order valence-corrected chi connectivity index (χ0v) is 13.3. The maximum Gasteiger partial charge on any atom is 0.224 e. The van der Waals surface area contributed by atoms with Crippen molar-refractivity contribution in [2.24, 2.45) is 0 Å². The van der Waals surface area contributed by atoms with Gasteiger partial charge in [0.1, 0.15) is 22.3 Å². The fourth-order valence-electron chi connectivity index (χ4n) is 2.71. The van der Waals surface area contributed by atoms with E-state index in [1.807, 2.05) is 6.92 Å². The number of benzene rings is 1. The lowest BCUT2D eigenvalue weighted by atomic mass is 10.1. The van der Waals surface area contributed by atoms with Crippen LogP contribution in [0.2, 0.25) is 0 Å². The first-order chi connectivity index (χ1) is 10.7. The van der Waals surface area contributed by atoms with Crippen molar-refractivity contribution in [3.05, 3.63) is 29.1 Å². The molecule has 0 unspecified atom stereocenters. The molecule has 1 fully saturated rings. The second kappa shape index (κ2) is 6.60. The Morgan fingerprint density at radius 3 is 2.50 bits per heavy atom. The third-order valence-corrected chi connectivity index (χ3v) is 4.58. The van der Waals surface area contributed by atoms with E-state index in [2.05, 4.69) is 4.98 Å². The van der Waals surface area contributed by atoms with E-state index in [1.54, 1.807) is 10.3 Å². The van der Waals surface area contributed by atoms with Gasteiger partial charge in [-0.3, -0.25) is 0 Å². The van der Waals surface area contributed by atoms with E-state index in [4.69, 9.17) is 4.74 Å². The molecule has 22 heavy (non-hydrogen) atoms. The highest BCUT2D eigenvalue weighted by atomic mass is 32.1. The summed E-state index contributed by atoms with van der Waals surface area (Å²) >= 11 is 1.32. The van der Waals surface area contributed by atoms with Gasteiger partial charge < -0.3 is 9.64 Å². The van der Waals surface area contributed by atoms with Crippen molar-refractivity contribution in [1.82, 2.24) is 4.98 Å². The molecule has 0 radical (unpaired) electrons. The number of hydrogen-bond acceptors (Lipinski definition) is 4. The van der Waals surface area contributed by atoms with E-state index in [0.717, 1.165) is 19.3 Å². The molecular weight excluding hydrogens is 306 g/mol. The van der Waals surface area contributed by atoms with Gasteiger partial charge in [0.2, 0.25) is 5.88 Å². The molecule has 0 atom stereocenters. The zero-order chi connectivity index (χ0) is 15.5. The van der Waals surface area contributed by atoms with Crippen molar-refractivity contribution in [3.8, 4) is 16.5 Å². The van der Waals surface area contributed by atoms with Crippen LogP contribution in [0.3, 0.4) is 0 Å². The summed E-state index contributed by atoms with van der Waals surface area (Å²) in [7, 11) is 0. The molecule has 0 spiro atoms. The Morgan fingerprint density at radius 2 is 1.86 bits per heavy atom. The number of thiazole rings is 1. The van der Waals surface area contributed by atoms with Gasteiger partial charge in [0, 0.05) is 18.7 Å². The van der Waals surface area contributed by atoms with Crippen molar-refractivity contribution >= 4 is 17.0 Å². The Morgan fingerprint density at radius 1 is 1.18 bits per heavy atom. The molecule has 1 aromatic heterocycles. The van der Waals surface area contributed by atoms with Crippen molar-refractivity contribution in [2.75, 3.05) is 24.6 Å². The lowest BCUT2D eigenvalue weighted by molar-refractivity contribution is 0.329. The number of rotatable bonds is 4. The van der Waals surface area contributed by atoms with Crippen LogP contribution in [0.15, 0.2) is 17.5 Å². The zero-order valence-electron chi connectivity index (χ0n) is 12.4. The summed E-state index contributed by atoms with van der Waals surface area (Å²) < 4.78 is 34.1. The average molecular weight is 324 g/mol. The Kier molecular flexibility index (Phi) is 4.57. The van der Waals surface area contributed by atoms with Crippen LogP contribution < -0.4 is 9.64 Å². The summed E-state index contributed by atoms with van der Waals surface area (Å²) in [5.74, 6) is -0.557. The second-order valence-corrected chi connectivity index (χ2v) is 6.12. The predicted molar refractivity (Wildman–Crippen MR) is 84.7 cm³/mol. The summed E-state index contributed by atoms with van der Waals surface area (Å²) in [6.07, 6.45) is 3.08. The summed E-state index contributed by atoms with van der Waals surface area (Å²) in [5.41, 5.74) is 0.539. The van der Waals surface area contributed by atoms with Crippen LogP contribution in [0.4, 0.5) is 14.5 Å². The highest BCUT2D eigenvalue weighted by molar-refractivity contribution is 7.13. The van der Waals surface area contributed by atoms with Crippen LogP contribution in [0, 0.1) is 11.6 Å². The number of piperidine rings is 1. The summed E-state index contributed by atoms with van der Waals surface area (Å²) in [6.45, 7) is 3.80. The third-order valence-electron chi connectivity index (χ3n) is 3.71. The highest BCUT2D eigenvalue weighted by Crippen LogP contribution is 2.33. The molecule has 2 heterocycles. The number of anilines is 1. The predicted octanol–water partition coefficient (Wildman–Crippen LogP) is 4.48. The summed E-state index contributed by atoms with van der Waals surface area (Å²) in [5, 5.41) is 2.30. The molecule has 1 aliphatic rings. The number of halogens is 2. The fourth-order valence-corrected chi connectivity index (χ4v) is 3.44. The van der Waals surface area contributed by atoms with Gasteiger partial charge in [0.25, 0.3) is 0 Å².